The van der Waals surface area contributed by atoms with Gasteiger partial charge in [0, 0.05) is 37.6 Å². The molecule has 3 N–H and O–H groups in total. The molecule has 10 heteroatoms. The zero-order valence-electron chi connectivity index (χ0n) is 16.6. The van der Waals surface area contributed by atoms with Crippen molar-refractivity contribution in [2.45, 2.75) is 50.9 Å². The Kier molecular flexibility index (Phi) is 9.45. The molecule has 1 unspecified atom stereocenters. The molecule has 1 aliphatic rings. The summed E-state index contributed by atoms with van der Waals surface area (Å²) in [6, 6.07) is 5.45. The van der Waals surface area contributed by atoms with E-state index < -0.39 is 11.9 Å². The van der Waals surface area contributed by atoms with E-state index in [4.69, 9.17) is 0 Å². The standard InChI is InChI=1S/C20H27N5O4.Fe/c26-19(27)12-24(10-15-5-3-4-8-22-15)17-6-1-2-7-18(17)25(13-20(28)29)11-16-9-21-14-23-16;/h3-5,8-9,14,17-18H,1-2,6-7,10-13H2,(H,21,23)(H,26,27)(H,28,29);/q;+2/t17-,18?;/m0./s1. The van der Waals surface area contributed by atoms with Crippen LogP contribution in [0, 0.1) is 0 Å². The summed E-state index contributed by atoms with van der Waals surface area (Å²) in [5.74, 6) is -1.80. The minimum absolute atomic E-state index is 0. The van der Waals surface area contributed by atoms with Gasteiger partial charge in [-0.05, 0) is 25.0 Å². The topological polar surface area (TPSA) is 123 Å². The van der Waals surface area contributed by atoms with Crippen LogP contribution >= 0.6 is 0 Å². The number of carboxylic acids is 2. The van der Waals surface area contributed by atoms with E-state index in [1.807, 2.05) is 28.0 Å². The summed E-state index contributed by atoms with van der Waals surface area (Å²) >= 11 is 0. The minimum Gasteiger partial charge on any atom is -0.480 e. The fourth-order valence-corrected chi connectivity index (χ4v) is 4.16. The Bertz CT molecular complexity index is 790. The molecule has 1 saturated carbocycles. The number of hydrogen-bond acceptors (Lipinski definition) is 6. The molecule has 9 nitrogen and oxygen atoms in total. The number of aliphatic carboxylic acids is 2. The van der Waals surface area contributed by atoms with E-state index in [0.29, 0.717) is 13.1 Å². The molecule has 0 saturated heterocycles. The Morgan fingerprint density at radius 3 is 2.03 bits per heavy atom. The zero-order valence-corrected chi connectivity index (χ0v) is 17.7. The number of nitrogens with one attached hydrogen (secondary N) is 1. The van der Waals surface area contributed by atoms with Gasteiger partial charge < -0.3 is 15.2 Å². The van der Waals surface area contributed by atoms with Crippen molar-refractivity contribution in [1.29, 1.82) is 0 Å². The van der Waals surface area contributed by atoms with Crippen LogP contribution in [0.4, 0.5) is 0 Å². The van der Waals surface area contributed by atoms with Crippen LogP contribution in [0.3, 0.4) is 0 Å². The van der Waals surface area contributed by atoms with E-state index in [9.17, 15) is 19.8 Å². The number of carboxylic acid groups (broad SMARTS) is 2. The molecule has 0 aromatic carbocycles. The van der Waals surface area contributed by atoms with Gasteiger partial charge in [-0.1, -0.05) is 18.9 Å². The summed E-state index contributed by atoms with van der Waals surface area (Å²) in [7, 11) is 0. The Hall–Kier alpha value is -2.26. The molecular weight excluding hydrogens is 430 g/mol. The van der Waals surface area contributed by atoms with Gasteiger partial charge in [0.25, 0.3) is 0 Å². The predicted molar refractivity (Wildman–Crippen MR) is 105 cm³/mol. The van der Waals surface area contributed by atoms with Crippen LogP contribution in [0.5, 0.6) is 0 Å². The maximum absolute atomic E-state index is 11.6. The molecular formula is C20H27FeN5O4+2. The molecule has 2 aromatic rings. The van der Waals surface area contributed by atoms with E-state index in [-0.39, 0.29) is 42.2 Å². The number of H-pyrrole nitrogens is 1. The van der Waals surface area contributed by atoms with Crippen LogP contribution in [-0.4, -0.2) is 72.1 Å². The molecule has 0 spiro atoms. The second kappa shape index (κ2) is 11.8. The second-order valence-corrected chi connectivity index (χ2v) is 7.40. The fourth-order valence-electron chi connectivity index (χ4n) is 4.16. The molecule has 2 aromatic heterocycles. The smallest absolute Gasteiger partial charge is 0.480 e. The number of rotatable bonds is 10. The van der Waals surface area contributed by atoms with Crippen molar-refractivity contribution in [2.24, 2.45) is 0 Å². The summed E-state index contributed by atoms with van der Waals surface area (Å²) in [5, 5.41) is 18.9. The first kappa shape index (κ1) is 24.0. The predicted octanol–water partition coefficient (Wildman–Crippen LogP) is 1.59. The van der Waals surface area contributed by atoms with Gasteiger partial charge >= 0.3 is 29.0 Å². The number of aromatic nitrogens is 3. The summed E-state index contributed by atoms with van der Waals surface area (Å²) < 4.78 is 0. The summed E-state index contributed by atoms with van der Waals surface area (Å²) in [6.45, 7) is 0.596. The molecule has 162 valence electrons. The normalized spacial score (nSPS) is 18.9. The van der Waals surface area contributed by atoms with Crippen LogP contribution in [0.1, 0.15) is 37.1 Å². The molecule has 2 atom stereocenters. The first-order chi connectivity index (χ1) is 14.0. The molecule has 1 fully saturated rings. The van der Waals surface area contributed by atoms with Gasteiger partial charge in [0.05, 0.1) is 30.8 Å². The van der Waals surface area contributed by atoms with Gasteiger partial charge in [0.2, 0.25) is 0 Å². The van der Waals surface area contributed by atoms with Gasteiger partial charge in [0.15, 0.2) is 0 Å². The van der Waals surface area contributed by atoms with Crippen LogP contribution in [0.25, 0.3) is 0 Å². The molecule has 30 heavy (non-hydrogen) atoms. The molecule has 0 amide bonds. The summed E-state index contributed by atoms with van der Waals surface area (Å²) in [4.78, 5) is 38.4. The third-order valence-electron chi connectivity index (χ3n) is 5.32. The SMILES string of the molecule is O=C(O)CN(Cc1c[nH]cn1)C1CCCC[C@@H]1N(CC(=O)O)Cc1ccccn1.[Fe+2]. The maximum Gasteiger partial charge on any atom is 2.00 e. The Labute approximate surface area is 186 Å². The zero-order chi connectivity index (χ0) is 20.6. The average Bonchev–Trinajstić information content (AvgIpc) is 3.20. The van der Waals surface area contributed by atoms with Gasteiger partial charge in [-0.15, -0.1) is 0 Å². The second-order valence-electron chi connectivity index (χ2n) is 7.40. The van der Waals surface area contributed by atoms with Crippen LogP contribution in [-0.2, 0) is 39.7 Å². The summed E-state index contributed by atoms with van der Waals surface area (Å²) in [6.07, 6.45) is 8.65. The number of pyridine rings is 1. The van der Waals surface area contributed by atoms with E-state index in [0.717, 1.165) is 37.1 Å². The molecule has 2 heterocycles. The van der Waals surface area contributed by atoms with E-state index in [1.54, 1.807) is 18.7 Å². The Balaban J connectivity index is 0.00000320. The molecule has 3 rings (SSSR count). The maximum atomic E-state index is 11.6. The molecule has 0 aliphatic heterocycles. The first-order valence-electron chi connectivity index (χ1n) is 9.82. The first-order valence-corrected chi connectivity index (χ1v) is 9.82. The fraction of sp³-hybridized carbons (Fsp3) is 0.500. The van der Waals surface area contributed by atoms with E-state index >= 15 is 0 Å². The van der Waals surface area contributed by atoms with Crippen molar-refractivity contribution >= 4 is 11.9 Å². The minimum atomic E-state index is -0.903. The molecule has 1 aliphatic carbocycles. The molecule has 0 bridgehead atoms. The van der Waals surface area contributed by atoms with Crippen molar-refractivity contribution in [3.05, 3.63) is 48.3 Å². The van der Waals surface area contributed by atoms with E-state index in [2.05, 4.69) is 15.0 Å². The quantitative estimate of drug-likeness (QED) is 0.460. The number of nitrogens with zero attached hydrogens (tertiary/aromatic N) is 4. The van der Waals surface area contributed by atoms with Gasteiger partial charge in [-0.25, -0.2) is 4.98 Å². The van der Waals surface area contributed by atoms with Crippen molar-refractivity contribution < 1.29 is 36.9 Å². The van der Waals surface area contributed by atoms with Crippen LogP contribution in [0.15, 0.2) is 36.9 Å². The number of hydrogen-bond donors (Lipinski definition) is 3. The summed E-state index contributed by atoms with van der Waals surface area (Å²) in [5.41, 5.74) is 1.57. The largest absolute Gasteiger partial charge is 2.00 e. The van der Waals surface area contributed by atoms with E-state index in [1.165, 1.54) is 0 Å². The van der Waals surface area contributed by atoms with Crippen molar-refractivity contribution in [1.82, 2.24) is 24.8 Å². The number of aromatic amines is 1. The van der Waals surface area contributed by atoms with Crippen LogP contribution < -0.4 is 0 Å². The Morgan fingerprint density at radius 1 is 0.967 bits per heavy atom. The number of imidazole rings is 1. The third-order valence-corrected chi connectivity index (χ3v) is 5.32. The van der Waals surface area contributed by atoms with Crippen LogP contribution in [0.2, 0.25) is 0 Å². The molecule has 0 radical (unpaired) electrons. The van der Waals surface area contributed by atoms with Crippen molar-refractivity contribution in [3.63, 3.8) is 0 Å². The van der Waals surface area contributed by atoms with Crippen molar-refractivity contribution in [2.75, 3.05) is 13.1 Å². The monoisotopic (exact) mass is 457 g/mol. The average molecular weight is 457 g/mol. The van der Waals surface area contributed by atoms with Gasteiger partial charge in [0.1, 0.15) is 0 Å². The third kappa shape index (κ3) is 6.91. The Morgan fingerprint density at radius 2 is 1.57 bits per heavy atom. The van der Waals surface area contributed by atoms with Crippen molar-refractivity contribution in [3.8, 4) is 0 Å². The van der Waals surface area contributed by atoms with Gasteiger partial charge in [-0.3, -0.25) is 24.4 Å². The van der Waals surface area contributed by atoms with Gasteiger partial charge in [-0.2, -0.15) is 0 Å². The number of carbonyl (C=O) groups is 2.